The standard InChI is InChI=1S/C18H23N3O/c1-13-5-6-15-10-18(3,4)21(11-16(15)9-13)17(22)12-20-8-7-19-14(20)2/h5-9H,10-12H2,1-4H3. The predicted octanol–water partition coefficient (Wildman–Crippen LogP) is 2.86. The second kappa shape index (κ2) is 5.27. The Morgan fingerprint density at radius 1 is 1.27 bits per heavy atom. The van der Waals surface area contributed by atoms with Gasteiger partial charge in [-0.25, -0.2) is 4.98 Å². The number of amides is 1. The van der Waals surface area contributed by atoms with Gasteiger partial charge in [-0.3, -0.25) is 4.79 Å². The highest BCUT2D eigenvalue weighted by atomic mass is 16.2. The highest BCUT2D eigenvalue weighted by molar-refractivity contribution is 5.77. The molecule has 1 aliphatic heterocycles. The van der Waals surface area contributed by atoms with Crippen LogP contribution in [0.15, 0.2) is 30.6 Å². The molecule has 2 heterocycles. The van der Waals surface area contributed by atoms with E-state index in [0.717, 1.165) is 12.2 Å². The van der Waals surface area contributed by atoms with E-state index >= 15 is 0 Å². The first kappa shape index (κ1) is 14.8. The number of nitrogens with zero attached hydrogens (tertiary/aromatic N) is 3. The highest BCUT2D eigenvalue weighted by Gasteiger charge is 2.35. The topological polar surface area (TPSA) is 38.1 Å². The lowest BCUT2D eigenvalue weighted by Gasteiger charge is -2.43. The van der Waals surface area contributed by atoms with Crippen molar-refractivity contribution in [3.05, 3.63) is 53.1 Å². The molecule has 1 aromatic carbocycles. The fraction of sp³-hybridized carbons (Fsp3) is 0.444. The molecule has 2 aromatic rings. The molecule has 0 spiro atoms. The van der Waals surface area contributed by atoms with Crippen molar-refractivity contribution in [1.29, 1.82) is 0 Å². The van der Waals surface area contributed by atoms with E-state index < -0.39 is 0 Å². The average Bonchev–Trinajstić information content (AvgIpc) is 2.83. The Morgan fingerprint density at radius 2 is 2.05 bits per heavy atom. The van der Waals surface area contributed by atoms with E-state index in [1.807, 2.05) is 22.6 Å². The van der Waals surface area contributed by atoms with Gasteiger partial charge in [0.25, 0.3) is 0 Å². The van der Waals surface area contributed by atoms with Crippen molar-refractivity contribution < 1.29 is 4.79 Å². The van der Waals surface area contributed by atoms with Gasteiger partial charge in [-0.1, -0.05) is 23.8 Å². The van der Waals surface area contributed by atoms with Crippen LogP contribution in [0.4, 0.5) is 0 Å². The Labute approximate surface area is 131 Å². The van der Waals surface area contributed by atoms with Gasteiger partial charge in [0, 0.05) is 24.5 Å². The van der Waals surface area contributed by atoms with Crippen molar-refractivity contribution in [3.8, 4) is 0 Å². The van der Waals surface area contributed by atoms with E-state index in [9.17, 15) is 4.79 Å². The van der Waals surface area contributed by atoms with Gasteiger partial charge in [-0.05, 0) is 45.2 Å². The van der Waals surface area contributed by atoms with Gasteiger partial charge in [-0.2, -0.15) is 0 Å². The van der Waals surface area contributed by atoms with Gasteiger partial charge in [0.1, 0.15) is 12.4 Å². The van der Waals surface area contributed by atoms with Crippen LogP contribution < -0.4 is 0 Å². The van der Waals surface area contributed by atoms with Gasteiger partial charge in [0.05, 0.1) is 0 Å². The molecule has 116 valence electrons. The van der Waals surface area contributed by atoms with Crippen molar-refractivity contribution in [3.63, 3.8) is 0 Å². The smallest absolute Gasteiger partial charge is 0.243 e. The lowest BCUT2D eigenvalue weighted by molar-refractivity contribution is -0.138. The van der Waals surface area contributed by atoms with Crippen molar-refractivity contribution in [2.24, 2.45) is 0 Å². The molecule has 0 aliphatic carbocycles. The van der Waals surface area contributed by atoms with Crippen molar-refractivity contribution in [1.82, 2.24) is 14.5 Å². The molecule has 0 bridgehead atoms. The fourth-order valence-electron chi connectivity index (χ4n) is 3.25. The van der Waals surface area contributed by atoms with E-state index in [0.29, 0.717) is 13.1 Å². The molecule has 22 heavy (non-hydrogen) atoms. The molecule has 0 N–H and O–H groups in total. The van der Waals surface area contributed by atoms with Crippen LogP contribution in [0.5, 0.6) is 0 Å². The minimum absolute atomic E-state index is 0.151. The summed E-state index contributed by atoms with van der Waals surface area (Å²) in [6.07, 6.45) is 4.50. The monoisotopic (exact) mass is 297 g/mol. The summed E-state index contributed by atoms with van der Waals surface area (Å²) in [4.78, 5) is 19.0. The average molecular weight is 297 g/mol. The number of carbonyl (C=O) groups excluding carboxylic acids is 1. The Hall–Kier alpha value is -2.10. The number of carbonyl (C=O) groups is 1. The summed E-state index contributed by atoms with van der Waals surface area (Å²) in [6.45, 7) is 9.37. The summed E-state index contributed by atoms with van der Waals surface area (Å²) in [7, 11) is 0. The zero-order valence-corrected chi connectivity index (χ0v) is 13.8. The van der Waals surface area contributed by atoms with E-state index in [1.54, 1.807) is 6.20 Å². The fourth-order valence-corrected chi connectivity index (χ4v) is 3.25. The van der Waals surface area contributed by atoms with Crippen LogP contribution in [0.3, 0.4) is 0 Å². The van der Waals surface area contributed by atoms with Crippen LogP contribution in [-0.2, 0) is 24.3 Å². The van der Waals surface area contributed by atoms with Crippen molar-refractivity contribution >= 4 is 5.91 Å². The number of rotatable bonds is 2. The Bertz CT molecular complexity index is 715. The quantitative estimate of drug-likeness (QED) is 0.855. The molecule has 0 unspecified atom stereocenters. The molecule has 0 fully saturated rings. The van der Waals surface area contributed by atoms with Crippen molar-refractivity contribution in [2.75, 3.05) is 0 Å². The third-order valence-corrected chi connectivity index (χ3v) is 4.57. The number of benzene rings is 1. The number of aryl methyl sites for hydroxylation is 2. The highest BCUT2D eigenvalue weighted by Crippen LogP contribution is 2.31. The maximum absolute atomic E-state index is 12.8. The van der Waals surface area contributed by atoms with Crippen LogP contribution in [0.25, 0.3) is 0 Å². The second-order valence-electron chi connectivity index (χ2n) is 6.84. The molecule has 1 amide bonds. The zero-order valence-electron chi connectivity index (χ0n) is 13.8. The van der Waals surface area contributed by atoms with Gasteiger partial charge in [0.2, 0.25) is 5.91 Å². The van der Waals surface area contributed by atoms with Crippen LogP contribution in [0, 0.1) is 13.8 Å². The zero-order chi connectivity index (χ0) is 15.9. The first-order valence-corrected chi connectivity index (χ1v) is 7.73. The molecule has 0 saturated heterocycles. The first-order chi connectivity index (χ1) is 10.4. The van der Waals surface area contributed by atoms with Crippen LogP contribution in [0.2, 0.25) is 0 Å². The molecule has 4 nitrogen and oxygen atoms in total. The lowest BCUT2D eigenvalue weighted by Crippen LogP contribution is -2.52. The largest absolute Gasteiger partial charge is 0.331 e. The summed E-state index contributed by atoms with van der Waals surface area (Å²) < 4.78 is 1.91. The number of aromatic nitrogens is 2. The number of hydrogen-bond acceptors (Lipinski definition) is 2. The van der Waals surface area contributed by atoms with Crippen molar-refractivity contribution in [2.45, 2.75) is 52.7 Å². The molecule has 1 aliphatic rings. The summed E-state index contributed by atoms with van der Waals surface area (Å²) in [5.74, 6) is 1.03. The SMILES string of the molecule is Cc1ccc2c(c1)CN(C(=O)Cn1ccnc1C)C(C)(C)C2. The Morgan fingerprint density at radius 3 is 2.73 bits per heavy atom. The second-order valence-corrected chi connectivity index (χ2v) is 6.84. The van der Waals surface area contributed by atoms with E-state index in [2.05, 4.69) is 44.0 Å². The van der Waals surface area contributed by atoms with Gasteiger partial charge in [0.15, 0.2) is 0 Å². The van der Waals surface area contributed by atoms with E-state index in [-0.39, 0.29) is 11.4 Å². The van der Waals surface area contributed by atoms with Crippen LogP contribution >= 0.6 is 0 Å². The number of hydrogen-bond donors (Lipinski definition) is 0. The summed E-state index contributed by atoms with van der Waals surface area (Å²) >= 11 is 0. The first-order valence-electron chi connectivity index (χ1n) is 7.73. The number of fused-ring (bicyclic) bond motifs is 1. The van der Waals surface area contributed by atoms with Gasteiger partial charge in [-0.15, -0.1) is 0 Å². The van der Waals surface area contributed by atoms with Gasteiger partial charge < -0.3 is 9.47 Å². The lowest BCUT2D eigenvalue weighted by atomic mass is 9.85. The maximum Gasteiger partial charge on any atom is 0.243 e. The summed E-state index contributed by atoms with van der Waals surface area (Å²) in [6, 6.07) is 6.56. The molecule has 1 aromatic heterocycles. The molecule has 3 rings (SSSR count). The molecular formula is C18H23N3O. The van der Waals surface area contributed by atoms with E-state index in [1.165, 1.54) is 16.7 Å². The summed E-state index contributed by atoms with van der Waals surface area (Å²) in [5.41, 5.74) is 3.72. The van der Waals surface area contributed by atoms with E-state index in [4.69, 9.17) is 0 Å². The minimum atomic E-state index is -0.159. The molecule has 4 heteroatoms. The summed E-state index contributed by atoms with van der Waals surface area (Å²) in [5, 5.41) is 0. The maximum atomic E-state index is 12.8. The van der Waals surface area contributed by atoms with Crippen LogP contribution in [0.1, 0.15) is 36.4 Å². The Balaban J connectivity index is 1.86. The normalized spacial score (nSPS) is 16.5. The molecule has 0 radical (unpaired) electrons. The minimum Gasteiger partial charge on any atom is -0.331 e. The third-order valence-electron chi connectivity index (χ3n) is 4.57. The molecular weight excluding hydrogens is 274 g/mol. The van der Waals surface area contributed by atoms with Gasteiger partial charge >= 0.3 is 0 Å². The third kappa shape index (κ3) is 2.65. The Kier molecular flexibility index (Phi) is 3.55. The number of imidazole rings is 1. The molecule has 0 saturated carbocycles. The predicted molar refractivity (Wildman–Crippen MR) is 86.5 cm³/mol. The molecule has 0 atom stereocenters. The van der Waals surface area contributed by atoms with Crippen LogP contribution in [-0.4, -0.2) is 25.9 Å².